The molecule has 1 aromatic heterocycles. The van der Waals surface area contributed by atoms with E-state index in [1.807, 2.05) is 6.07 Å². The molecule has 0 aromatic carbocycles. The van der Waals surface area contributed by atoms with E-state index in [2.05, 4.69) is 10.3 Å². The normalized spacial score (nSPS) is 23.1. The largest absolute Gasteiger partial charge is 0.481 e. The zero-order chi connectivity index (χ0) is 13.7. The first kappa shape index (κ1) is 13.3. The number of nitrogens with zero attached hydrogens (tertiary/aromatic N) is 2. The Bertz CT molecular complexity index is 478. The van der Waals surface area contributed by atoms with E-state index in [-0.39, 0.29) is 12.0 Å². The van der Waals surface area contributed by atoms with Crippen LogP contribution >= 0.6 is 0 Å². The highest BCUT2D eigenvalue weighted by Crippen LogP contribution is 2.26. The number of pyridine rings is 1. The monoisotopic (exact) mass is 259 g/mol. The van der Waals surface area contributed by atoms with E-state index in [0.29, 0.717) is 5.69 Å². The van der Waals surface area contributed by atoms with Gasteiger partial charge in [-0.05, 0) is 25.0 Å². The minimum Gasteiger partial charge on any atom is -0.481 e. The molecule has 0 radical (unpaired) electrons. The number of nitriles is 1. The standard InChI is InChI=1S/C14H17N3O2/c15-8-10-6-7-11(9-16-10)17-13-5-3-1-2-4-12(13)14(18)19/h6-7,9,12-13,17H,1-5H2,(H,18,19). The predicted octanol–water partition coefficient (Wildman–Crippen LogP) is 2.40. The number of carboxylic acids is 1. The first-order valence-corrected chi connectivity index (χ1v) is 6.56. The van der Waals surface area contributed by atoms with Crippen LogP contribution in [0.1, 0.15) is 37.8 Å². The van der Waals surface area contributed by atoms with Gasteiger partial charge in [0.25, 0.3) is 0 Å². The SMILES string of the molecule is N#Cc1ccc(NC2CCCCCC2C(=O)O)cn1. The van der Waals surface area contributed by atoms with Crippen molar-refractivity contribution in [2.75, 3.05) is 5.32 Å². The van der Waals surface area contributed by atoms with Gasteiger partial charge in [0.1, 0.15) is 11.8 Å². The summed E-state index contributed by atoms with van der Waals surface area (Å²) in [5, 5.41) is 21.2. The third kappa shape index (κ3) is 3.44. The number of nitrogens with one attached hydrogen (secondary N) is 1. The summed E-state index contributed by atoms with van der Waals surface area (Å²) in [5.74, 6) is -1.08. The Hall–Kier alpha value is -2.09. The molecule has 19 heavy (non-hydrogen) atoms. The summed E-state index contributed by atoms with van der Waals surface area (Å²) >= 11 is 0. The van der Waals surface area contributed by atoms with Crippen LogP contribution in [0, 0.1) is 17.2 Å². The molecule has 0 spiro atoms. The van der Waals surface area contributed by atoms with Gasteiger partial charge in [0.15, 0.2) is 0 Å². The van der Waals surface area contributed by atoms with Crippen molar-refractivity contribution >= 4 is 11.7 Å². The van der Waals surface area contributed by atoms with Crippen LogP contribution in [0.2, 0.25) is 0 Å². The second kappa shape index (κ2) is 6.19. The predicted molar refractivity (Wildman–Crippen MR) is 70.6 cm³/mol. The van der Waals surface area contributed by atoms with Crippen LogP contribution in [0.25, 0.3) is 0 Å². The molecule has 100 valence electrons. The molecule has 5 nitrogen and oxygen atoms in total. The van der Waals surface area contributed by atoms with Gasteiger partial charge in [-0.3, -0.25) is 4.79 Å². The quantitative estimate of drug-likeness (QED) is 0.814. The number of hydrogen-bond donors (Lipinski definition) is 2. The average molecular weight is 259 g/mol. The van der Waals surface area contributed by atoms with Gasteiger partial charge in [-0.2, -0.15) is 5.26 Å². The molecule has 0 bridgehead atoms. The summed E-state index contributed by atoms with van der Waals surface area (Å²) in [4.78, 5) is 15.3. The highest BCUT2D eigenvalue weighted by Gasteiger charge is 2.29. The second-order valence-corrected chi connectivity index (χ2v) is 4.88. The van der Waals surface area contributed by atoms with Gasteiger partial charge >= 0.3 is 5.97 Å². The summed E-state index contributed by atoms with van der Waals surface area (Å²) in [7, 11) is 0. The van der Waals surface area contributed by atoms with Crippen LogP contribution in [0.4, 0.5) is 5.69 Å². The molecule has 0 amide bonds. The zero-order valence-corrected chi connectivity index (χ0v) is 10.7. The van der Waals surface area contributed by atoms with Gasteiger partial charge in [0.05, 0.1) is 17.8 Å². The average Bonchev–Trinajstić information content (AvgIpc) is 2.65. The third-order valence-corrected chi connectivity index (χ3v) is 3.56. The van der Waals surface area contributed by atoms with Crippen molar-refractivity contribution in [3.8, 4) is 6.07 Å². The Morgan fingerprint density at radius 3 is 2.79 bits per heavy atom. The lowest BCUT2D eigenvalue weighted by Gasteiger charge is -2.23. The Labute approximate surface area is 112 Å². The minimum absolute atomic E-state index is 0.0604. The van der Waals surface area contributed by atoms with Crippen LogP contribution in [0.15, 0.2) is 18.3 Å². The lowest BCUT2D eigenvalue weighted by atomic mass is 9.95. The maximum atomic E-state index is 11.3. The molecule has 2 unspecified atom stereocenters. The van der Waals surface area contributed by atoms with Gasteiger partial charge in [-0.15, -0.1) is 0 Å². The fourth-order valence-corrected chi connectivity index (χ4v) is 2.54. The van der Waals surface area contributed by atoms with Crippen LogP contribution in [-0.2, 0) is 4.79 Å². The van der Waals surface area contributed by atoms with E-state index < -0.39 is 5.97 Å². The summed E-state index contributed by atoms with van der Waals surface area (Å²) in [6.07, 6.45) is 6.27. The minimum atomic E-state index is -0.735. The molecule has 1 aliphatic rings. The number of carboxylic acid groups (broad SMARTS) is 1. The molecule has 1 aliphatic carbocycles. The van der Waals surface area contributed by atoms with Crippen LogP contribution < -0.4 is 5.32 Å². The van der Waals surface area contributed by atoms with Gasteiger partial charge < -0.3 is 10.4 Å². The molecule has 1 heterocycles. The van der Waals surface area contributed by atoms with Crippen molar-refractivity contribution < 1.29 is 9.90 Å². The van der Waals surface area contributed by atoms with E-state index >= 15 is 0 Å². The molecule has 1 aromatic rings. The molecule has 5 heteroatoms. The van der Waals surface area contributed by atoms with Crippen LogP contribution in [-0.4, -0.2) is 22.1 Å². The highest BCUT2D eigenvalue weighted by atomic mass is 16.4. The van der Waals surface area contributed by atoms with Crippen molar-refractivity contribution in [1.82, 2.24) is 4.98 Å². The Kier molecular flexibility index (Phi) is 4.35. The van der Waals surface area contributed by atoms with Crippen molar-refractivity contribution in [1.29, 1.82) is 5.26 Å². The Morgan fingerprint density at radius 2 is 2.16 bits per heavy atom. The molecule has 1 fully saturated rings. The maximum absolute atomic E-state index is 11.3. The smallest absolute Gasteiger partial charge is 0.308 e. The first-order chi connectivity index (χ1) is 9.20. The van der Waals surface area contributed by atoms with Crippen LogP contribution in [0.5, 0.6) is 0 Å². The maximum Gasteiger partial charge on any atom is 0.308 e. The van der Waals surface area contributed by atoms with Gasteiger partial charge in [0, 0.05) is 6.04 Å². The number of anilines is 1. The first-order valence-electron chi connectivity index (χ1n) is 6.56. The molecule has 2 atom stereocenters. The van der Waals surface area contributed by atoms with E-state index in [0.717, 1.165) is 37.8 Å². The number of rotatable bonds is 3. The summed E-state index contributed by atoms with van der Waals surface area (Å²) in [6.45, 7) is 0. The van der Waals surface area contributed by atoms with E-state index in [1.165, 1.54) is 0 Å². The second-order valence-electron chi connectivity index (χ2n) is 4.88. The molecular formula is C14H17N3O2. The number of aromatic nitrogens is 1. The van der Waals surface area contributed by atoms with E-state index in [4.69, 9.17) is 5.26 Å². The molecular weight excluding hydrogens is 242 g/mol. The van der Waals surface area contributed by atoms with Crippen molar-refractivity contribution in [3.05, 3.63) is 24.0 Å². The molecule has 1 saturated carbocycles. The lowest BCUT2D eigenvalue weighted by molar-refractivity contribution is -0.142. The number of aliphatic carboxylic acids is 1. The van der Waals surface area contributed by atoms with Crippen molar-refractivity contribution in [2.24, 2.45) is 5.92 Å². The fraction of sp³-hybridized carbons (Fsp3) is 0.500. The highest BCUT2D eigenvalue weighted by molar-refractivity contribution is 5.71. The fourth-order valence-electron chi connectivity index (χ4n) is 2.54. The summed E-state index contributed by atoms with van der Waals surface area (Å²) < 4.78 is 0. The zero-order valence-electron chi connectivity index (χ0n) is 10.7. The van der Waals surface area contributed by atoms with Crippen LogP contribution in [0.3, 0.4) is 0 Å². The van der Waals surface area contributed by atoms with E-state index in [1.54, 1.807) is 18.3 Å². The lowest BCUT2D eigenvalue weighted by Crippen LogP contribution is -2.33. The summed E-state index contributed by atoms with van der Waals surface area (Å²) in [5.41, 5.74) is 1.14. The van der Waals surface area contributed by atoms with Gasteiger partial charge in [-0.25, -0.2) is 4.98 Å². The molecule has 2 N–H and O–H groups in total. The van der Waals surface area contributed by atoms with Crippen molar-refractivity contribution in [2.45, 2.75) is 38.1 Å². The molecule has 0 saturated heterocycles. The van der Waals surface area contributed by atoms with Gasteiger partial charge in [0.2, 0.25) is 0 Å². The number of hydrogen-bond acceptors (Lipinski definition) is 4. The third-order valence-electron chi connectivity index (χ3n) is 3.56. The topological polar surface area (TPSA) is 86.0 Å². The molecule has 0 aliphatic heterocycles. The Morgan fingerprint density at radius 1 is 1.37 bits per heavy atom. The Balaban J connectivity index is 2.09. The van der Waals surface area contributed by atoms with Gasteiger partial charge in [-0.1, -0.05) is 19.3 Å². The van der Waals surface area contributed by atoms with E-state index in [9.17, 15) is 9.90 Å². The summed E-state index contributed by atoms with van der Waals surface area (Å²) in [6, 6.07) is 5.31. The number of carbonyl (C=O) groups is 1. The molecule has 2 rings (SSSR count). The van der Waals surface area contributed by atoms with Crippen molar-refractivity contribution in [3.63, 3.8) is 0 Å².